The van der Waals surface area contributed by atoms with Crippen molar-refractivity contribution in [2.45, 2.75) is 43.9 Å². The Balaban J connectivity index is 0.00000320. The van der Waals surface area contributed by atoms with Crippen molar-refractivity contribution in [3.63, 3.8) is 0 Å². The fourth-order valence-electron chi connectivity index (χ4n) is 4.00. The maximum Gasteiger partial charge on any atom is 0.264 e. The predicted octanol–water partition coefficient (Wildman–Crippen LogP) is 5.34. The molecule has 163 valence electrons. The Morgan fingerprint density at radius 2 is 1.13 bits per heavy atom. The van der Waals surface area contributed by atoms with Crippen LogP contribution in [0.15, 0.2) is 19.7 Å². The second-order valence-electron chi connectivity index (χ2n) is 7.16. The van der Waals surface area contributed by atoms with Crippen LogP contribution in [0.3, 0.4) is 0 Å². The Morgan fingerprint density at radius 1 is 0.767 bits per heavy atom. The normalized spacial score (nSPS) is 14.9. The molecule has 0 amide bonds. The van der Waals surface area contributed by atoms with E-state index in [9.17, 15) is 16.8 Å². The van der Waals surface area contributed by atoms with Crippen LogP contribution in [0, 0.1) is 0 Å². The molecule has 3 rings (SSSR count). The third-order valence-electron chi connectivity index (χ3n) is 5.15. The Morgan fingerprint density at radius 3 is 1.47 bits per heavy atom. The average Bonchev–Trinajstić information content (AvgIpc) is 3.19. The van der Waals surface area contributed by atoms with Gasteiger partial charge in [0.2, 0.25) is 0 Å². The van der Waals surface area contributed by atoms with Gasteiger partial charge >= 0.3 is 0 Å². The SMILES string of the molecule is O=S(=O)(O)CCCCC1(CCCCS(=O)(=O)O)c2cc(Br)sc2-c2sc(Br)cc21.[K]. The molecule has 1 aliphatic carbocycles. The molecule has 0 bridgehead atoms. The first-order chi connectivity index (χ1) is 13.4. The van der Waals surface area contributed by atoms with Crippen molar-refractivity contribution >= 4 is 126 Å². The van der Waals surface area contributed by atoms with Gasteiger partial charge in [-0.15, -0.1) is 22.7 Å². The quantitative estimate of drug-likeness (QED) is 0.205. The van der Waals surface area contributed by atoms with Crippen LogP contribution in [0.4, 0.5) is 0 Å². The van der Waals surface area contributed by atoms with Crippen LogP contribution in [0.5, 0.6) is 0 Å². The minimum Gasteiger partial charge on any atom is -0.286 e. The molecule has 0 aliphatic heterocycles. The van der Waals surface area contributed by atoms with Crippen LogP contribution >= 0.6 is 54.5 Å². The molecular weight excluding hydrogens is 627 g/mol. The van der Waals surface area contributed by atoms with Crippen LogP contribution in [-0.4, -0.2) is 88.8 Å². The van der Waals surface area contributed by atoms with Crippen molar-refractivity contribution in [2.24, 2.45) is 0 Å². The summed E-state index contributed by atoms with van der Waals surface area (Å²) in [4.78, 5) is 2.37. The molecule has 1 radical (unpaired) electrons. The van der Waals surface area contributed by atoms with E-state index in [1.54, 1.807) is 22.7 Å². The van der Waals surface area contributed by atoms with Gasteiger partial charge in [-0.1, -0.05) is 12.8 Å². The van der Waals surface area contributed by atoms with E-state index < -0.39 is 20.2 Å². The first-order valence-electron chi connectivity index (χ1n) is 8.92. The molecule has 0 spiro atoms. The monoisotopic (exact) mass is 645 g/mol. The van der Waals surface area contributed by atoms with E-state index in [2.05, 4.69) is 44.0 Å². The van der Waals surface area contributed by atoms with Gasteiger partial charge in [0.1, 0.15) is 0 Å². The maximum atomic E-state index is 11.1. The van der Waals surface area contributed by atoms with Gasteiger partial charge in [-0.25, -0.2) is 0 Å². The molecule has 0 fully saturated rings. The number of fused-ring (bicyclic) bond motifs is 3. The van der Waals surface area contributed by atoms with E-state index >= 15 is 0 Å². The number of hydrogen-bond acceptors (Lipinski definition) is 6. The second kappa shape index (κ2) is 11.0. The van der Waals surface area contributed by atoms with Gasteiger partial charge in [-0.05, 0) is 80.8 Å². The molecule has 6 nitrogen and oxygen atoms in total. The summed E-state index contributed by atoms with van der Waals surface area (Å²) in [5.41, 5.74) is 2.03. The average molecular weight is 648 g/mol. The largest absolute Gasteiger partial charge is 0.286 e. The Bertz CT molecular complexity index is 1020. The summed E-state index contributed by atoms with van der Waals surface area (Å²) < 4.78 is 64.4. The van der Waals surface area contributed by atoms with E-state index in [0.29, 0.717) is 38.5 Å². The molecule has 2 N–H and O–H groups in total. The van der Waals surface area contributed by atoms with Crippen molar-refractivity contribution in [3.05, 3.63) is 30.8 Å². The molecule has 2 heterocycles. The number of halogens is 2. The van der Waals surface area contributed by atoms with E-state index in [1.807, 2.05) is 0 Å². The fraction of sp³-hybridized carbons (Fsp3) is 0.529. The van der Waals surface area contributed by atoms with Crippen molar-refractivity contribution in [1.29, 1.82) is 0 Å². The van der Waals surface area contributed by atoms with E-state index in [1.165, 1.54) is 20.9 Å². The molecule has 2 aromatic heterocycles. The summed E-state index contributed by atoms with van der Waals surface area (Å²) in [6, 6.07) is 4.21. The minimum atomic E-state index is -4.00. The molecule has 13 heteroatoms. The molecular formula is C17H20Br2KO6S4. The Labute approximate surface area is 244 Å². The Hall–Kier alpha value is 1.82. The summed E-state index contributed by atoms with van der Waals surface area (Å²) in [5.74, 6) is -0.543. The summed E-state index contributed by atoms with van der Waals surface area (Å²) >= 11 is 10.5. The molecule has 0 aromatic carbocycles. The number of rotatable bonds is 10. The predicted molar refractivity (Wildman–Crippen MR) is 130 cm³/mol. The van der Waals surface area contributed by atoms with Gasteiger partial charge in [0.15, 0.2) is 0 Å². The molecule has 2 aromatic rings. The maximum absolute atomic E-state index is 11.1. The summed E-state index contributed by atoms with van der Waals surface area (Å²) in [7, 11) is -7.99. The summed E-state index contributed by atoms with van der Waals surface area (Å²) in [5, 5.41) is 0. The van der Waals surface area contributed by atoms with Crippen LogP contribution in [-0.2, 0) is 25.7 Å². The van der Waals surface area contributed by atoms with E-state index in [4.69, 9.17) is 9.11 Å². The summed E-state index contributed by atoms with van der Waals surface area (Å²) in [6.45, 7) is 0. The molecule has 1 aliphatic rings. The topological polar surface area (TPSA) is 109 Å². The van der Waals surface area contributed by atoms with E-state index in [0.717, 1.165) is 7.57 Å². The van der Waals surface area contributed by atoms with Crippen molar-refractivity contribution in [2.75, 3.05) is 11.5 Å². The molecule has 0 atom stereocenters. The standard InChI is InChI=1S/C17H20Br2O6S4.K/c18-13-9-11-15(26-13)16-12(10-14(19)27-16)17(11,5-1-3-7-28(20,21)22)6-2-4-8-29(23,24)25;/h9-10H,1-8H2,(H,20,21,22)(H,23,24,25);. The number of hydrogen-bond donors (Lipinski definition) is 2. The molecule has 0 saturated heterocycles. The summed E-state index contributed by atoms with van der Waals surface area (Å²) in [6.07, 6.45) is 3.32. The van der Waals surface area contributed by atoms with Gasteiger partial charge < -0.3 is 0 Å². The van der Waals surface area contributed by atoms with Crippen LogP contribution in [0.2, 0.25) is 0 Å². The van der Waals surface area contributed by atoms with Gasteiger partial charge in [0.05, 0.1) is 19.1 Å². The third kappa shape index (κ3) is 6.92. The number of unbranched alkanes of at least 4 members (excludes halogenated alkanes) is 2. The van der Waals surface area contributed by atoms with Gasteiger partial charge in [0, 0.05) is 66.6 Å². The molecule has 30 heavy (non-hydrogen) atoms. The van der Waals surface area contributed by atoms with Crippen LogP contribution in [0.1, 0.15) is 49.7 Å². The van der Waals surface area contributed by atoms with Gasteiger partial charge in [-0.2, -0.15) is 16.8 Å². The first kappa shape index (κ1) is 28.1. The Kier molecular flexibility index (Phi) is 10.3. The zero-order valence-corrected chi connectivity index (χ0v) is 25.8. The third-order valence-corrected chi connectivity index (χ3v) is 10.2. The zero-order valence-electron chi connectivity index (χ0n) is 16.2. The smallest absolute Gasteiger partial charge is 0.264 e. The van der Waals surface area contributed by atoms with Crippen LogP contribution in [0.25, 0.3) is 9.75 Å². The minimum absolute atomic E-state index is 0. The van der Waals surface area contributed by atoms with Crippen molar-refractivity contribution in [3.8, 4) is 9.75 Å². The van der Waals surface area contributed by atoms with Crippen molar-refractivity contribution < 1.29 is 25.9 Å². The molecule has 0 unspecified atom stereocenters. The van der Waals surface area contributed by atoms with Crippen molar-refractivity contribution in [1.82, 2.24) is 0 Å². The van der Waals surface area contributed by atoms with E-state index in [-0.39, 0.29) is 68.3 Å². The first-order valence-corrected chi connectivity index (χ1v) is 15.4. The van der Waals surface area contributed by atoms with Gasteiger partial charge in [0.25, 0.3) is 20.2 Å². The fourth-order valence-corrected chi connectivity index (χ4v) is 8.70. The second-order valence-corrected chi connectivity index (χ2v) is 15.2. The molecule has 0 saturated carbocycles. The van der Waals surface area contributed by atoms with Gasteiger partial charge in [-0.3, -0.25) is 9.11 Å². The zero-order chi connectivity index (χ0) is 21.4. The number of thiophene rings is 2. The van der Waals surface area contributed by atoms with Crippen LogP contribution < -0.4 is 0 Å².